The molecule has 1 aromatic rings. The van der Waals surface area contributed by atoms with Gasteiger partial charge in [-0.3, -0.25) is 0 Å². The second-order valence-corrected chi connectivity index (χ2v) is 6.23. The lowest BCUT2D eigenvalue weighted by Gasteiger charge is -2.25. The predicted octanol–water partition coefficient (Wildman–Crippen LogP) is 2.32. The summed E-state index contributed by atoms with van der Waals surface area (Å²) >= 11 is 5.80. The van der Waals surface area contributed by atoms with Crippen molar-refractivity contribution in [3.63, 3.8) is 0 Å². The average Bonchev–Trinajstić information content (AvgIpc) is 2.19. The van der Waals surface area contributed by atoms with E-state index in [1.54, 1.807) is 12.1 Å². The molecule has 0 fully saturated rings. The molecule has 0 radical (unpaired) electrons. The van der Waals surface area contributed by atoms with Crippen molar-refractivity contribution in [3.05, 3.63) is 23.2 Å². The highest BCUT2D eigenvalue weighted by molar-refractivity contribution is 7.92. The molecule has 1 aromatic carbocycles. The van der Waals surface area contributed by atoms with E-state index in [9.17, 15) is 8.42 Å². The number of sulfone groups is 1. The Bertz CT molecular complexity index is 484. The molecule has 1 heterocycles. The third-order valence-electron chi connectivity index (χ3n) is 2.66. The maximum absolute atomic E-state index is 12.1. The Morgan fingerprint density at radius 3 is 2.93 bits per heavy atom. The SMILES string of the molecule is CCC1CNc2ccc(Cl)cc2S1(=O)=O. The molecule has 1 atom stereocenters. The molecule has 1 N–H and O–H groups in total. The van der Waals surface area contributed by atoms with Crippen LogP contribution in [0, 0.1) is 0 Å². The summed E-state index contributed by atoms with van der Waals surface area (Å²) < 4.78 is 24.2. The van der Waals surface area contributed by atoms with Crippen LogP contribution in [0.1, 0.15) is 13.3 Å². The quantitative estimate of drug-likeness (QED) is 0.826. The van der Waals surface area contributed by atoms with Crippen molar-refractivity contribution in [2.24, 2.45) is 0 Å². The van der Waals surface area contributed by atoms with Crippen LogP contribution in [0.4, 0.5) is 5.69 Å². The molecule has 1 aliphatic heterocycles. The van der Waals surface area contributed by atoms with E-state index in [4.69, 9.17) is 11.6 Å². The van der Waals surface area contributed by atoms with E-state index in [1.165, 1.54) is 6.07 Å². The van der Waals surface area contributed by atoms with Crippen LogP contribution in [0.15, 0.2) is 23.1 Å². The van der Waals surface area contributed by atoms with Crippen LogP contribution in [-0.4, -0.2) is 20.2 Å². The summed E-state index contributed by atoms with van der Waals surface area (Å²) in [5.41, 5.74) is 0.657. The van der Waals surface area contributed by atoms with Gasteiger partial charge in [0, 0.05) is 11.6 Å². The van der Waals surface area contributed by atoms with Crippen LogP contribution >= 0.6 is 11.6 Å². The predicted molar refractivity (Wildman–Crippen MR) is 61.2 cm³/mol. The van der Waals surface area contributed by atoms with E-state index in [0.717, 1.165) is 0 Å². The monoisotopic (exact) mass is 245 g/mol. The number of benzene rings is 1. The van der Waals surface area contributed by atoms with E-state index >= 15 is 0 Å². The number of hydrogen-bond acceptors (Lipinski definition) is 3. The van der Waals surface area contributed by atoms with Crippen molar-refractivity contribution in [2.45, 2.75) is 23.5 Å². The van der Waals surface area contributed by atoms with Crippen molar-refractivity contribution in [1.29, 1.82) is 0 Å². The van der Waals surface area contributed by atoms with Crippen LogP contribution in [0.2, 0.25) is 5.02 Å². The minimum Gasteiger partial charge on any atom is -0.383 e. The third kappa shape index (κ3) is 1.72. The fourth-order valence-corrected chi connectivity index (χ4v) is 3.83. The summed E-state index contributed by atoms with van der Waals surface area (Å²) in [7, 11) is -3.20. The molecule has 0 saturated carbocycles. The largest absolute Gasteiger partial charge is 0.383 e. The minimum absolute atomic E-state index is 0.327. The van der Waals surface area contributed by atoms with Gasteiger partial charge < -0.3 is 5.32 Å². The first-order chi connectivity index (χ1) is 7.05. The Kier molecular flexibility index (Phi) is 2.64. The van der Waals surface area contributed by atoms with Crippen LogP contribution < -0.4 is 5.32 Å². The lowest BCUT2D eigenvalue weighted by atomic mass is 10.2. The van der Waals surface area contributed by atoms with Gasteiger partial charge in [0.05, 0.1) is 15.8 Å². The zero-order valence-electron chi connectivity index (χ0n) is 8.33. The number of nitrogens with one attached hydrogen (secondary N) is 1. The zero-order valence-corrected chi connectivity index (χ0v) is 9.90. The Hall–Kier alpha value is -0.740. The minimum atomic E-state index is -3.20. The van der Waals surface area contributed by atoms with E-state index in [0.29, 0.717) is 28.6 Å². The lowest BCUT2D eigenvalue weighted by Crippen LogP contribution is -2.33. The first-order valence-electron chi connectivity index (χ1n) is 4.83. The van der Waals surface area contributed by atoms with Gasteiger partial charge in [-0.05, 0) is 24.6 Å². The molecule has 1 aliphatic rings. The molecule has 0 aromatic heterocycles. The zero-order chi connectivity index (χ0) is 11.1. The molecule has 0 saturated heterocycles. The first-order valence-corrected chi connectivity index (χ1v) is 6.75. The molecule has 0 bridgehead atoms. The number of hydrogen-bond donors (Lipinski definition) is 1. The van der Waals surface area contributed by atoms with Gasteiger partial charge in [0.1, 0.15) is 0 Å². The summed E-state index contributed by atoms with van der Waals surface area (Å²) in [5, 5.41) is 3.22. The Morgan fingerprint density at radius 1 is 1.53 bits per heavy atom. The van der Waals surface area contributed by atoms with Crippen molar-refractivity contribution >= 4 is 27.1 Å². The van der Waals surface area contributed by atoms with Crippen molar-refractivity contribution in [1.82, 2.24) is 0 Å². The highest BCUT2D eigenvalue weighted by Gasteiger charge is 2.32. The maximum atomic E-state index is 12.1. The Morgan fingerprint density at radius 2 is 2.27 bits per heavy atom. The van der Waals surface area contributed by atoms with Crippen LogP contribution in [0.5, 0.6) is 0 Å². The third-order valence-corrected chi connectivity index (χ3v) is 5.23. The second kappa shape index (κ2) is 3.68. The first kappa shape index (κ1) is 10.8. The van der Waals surface area contributed by atoms with E-state index in [2.05, 4.69) is 5.32 Å². The molecule has 1 unspecified atom stereocenters. The molecule has 82 valence electrons. The normalized spacial score (nSPS) is 22.9. The van der Waals surface area contributed by atoms with Gasteiger partial charge in [-0.1, -0.05) is 18.5 Å². The molecule has 3 nitrogen and oxygen atoms in total. The Labute approximate surface area is 94.4 Å². The van der Waals surface area contributed by atoms with Crippen molar-refractivity contribution in [3.8, 4) is 0 Å². The lowest BCUT2D eigenvalue weighted by molar-refractivity contribution is 0.574. The molecular formula is C10H12ClNO2S. The Balaban J connectivity index is 2.60. The number of anilines is 1. The van der Waals surface area contributed by atoms with Crippen molar-refractivity contribution in [2.75, 3.05) is 11.9 Å². The van der Waals surface area contributed by atoms with Crippen molar-refractivity contribution < 1.29 is 8.42 Å². The summed E-state index contributed by atoms with van der Waals surface area (Å²) in [6.07, 6.45) is 0.612. The molecular weight excluding hydrogens is 234 g/mol. The molecule has 5 heteroatoms. The summed E-state index contributed by atoms with van der Waals surface area (Å²) in [6, 6.07) is 4.91. The molecule has 0 spiro atoms. The standard InChI is InChI=1S/C10H12ClNO2S/c1-2-8-6-12-9-4-3-7(11)5-10(9)15(8,13)14/h3-5,8,12H,2,6H2,1H3. The molecule has 15 heavy (non-hydrogen) atoms. The van der Waals surface area contributed by atoms with Gasteiger partial charge in [-0.25, -0.2) is 8.42 Å². The van der Waals surface area contributed by atoms with E-state index in [-0.39, 0.29) is 5.25 Å². The fourth-order valence-electron chi connectivity index (χ4n) is 1.75. The summed E-state index contributed by atoms with van der Waals surface area (Å²) in [4.78, 5) is 0.327. The molecule has 0 aliphatic carbocycles. The van der Waals surface area contributed by atoms with Crippen LogP contribution in [-0.2, 0) is 9.84 Å². The fraction of sp³-hybridized carbons (Fsp3) is 0.400. The summed E-state index contributed by atoms with van der Waals surface area (Å²) in [6.45, 7) is 2.35. The number of rotatable bonds is 1. The molecule has 2 rings (SSSR count). The van der Waals surface area contributed by atoms with Gasteiger partial charge in [-0.15, -0.1) is 0 Å². The second-order valence-electron chi connectivity index (χ2n) is 3.60. The smallest absolute Gasteiger partial charge is 0.185 e. The highest BCUT2D eigenvalue weighted by Crippen LogP contribution is 2.32. The van der Waals surface area contributed by atoms with Crippen LogP contribution in [0.25, 0.3) is 0 Å². The van der Waals surface area contributed by atoms with E-state index in [1.807, 2.05) is 6.92 Å². The topological polar surface area (TPSA) is 46.2 Å². The van der Waals surface area contributed by atoms with Gasteiger partial charge in [0.2, 0.25) is 0 Å². The maximum Gasteiger partial charge on any atom is 0.185 e. The van der Waals surface area contributed by atoms with Crippen LogP contribution in [0.3, 0.4) is 0 Å². The molecule has 0 amide bonds. The van der Waals surface area contributed by atoms with Gasteiger partial charge >= 0.3 is 0 Å². The van der Waals surface area contributed by atoms with Gasteiger partial charge in [0.25, 0.3) is 0 Å². The number of halogens is 1. The van der Waals surface area contributed by atoms with Gasteiger partial charge in [0.15, 0.2) is 9.84 Å². The average molecular weight is 246 g/mol. The van der Waals surface area contributed by atoms with E-state index < -0.39 is 9.84 Å². The number of fused-ring (bicyclic) bond motifs is 1. The summed E-state index contributed by atoms with van der Waals surface area (Å²) in [5.74, 6) is 0. The van der Waals surface area contributed by atoms with Gasteiger partial charge in [-0.2, -0.15) is 0 Å². The highest BCUT2D eigenvalue weighted by atomic mass is 35.5.